The minimum atomic E-state index is -3.52. The molecular formula is C19H21Cl2N3O3S. The van der Waals surface area contributed by atoms with E-state index in [4.69, 9.17) is 23.2 Å². The van der Waals surface area contributed by atoms with Crippen molar-refractivity contribution in [1.29, 1.82) is 0 Å². The molecule has 1 aliphatic heterocycles. The maximum absolute atomic E-state index is 12.8. The lowest BCUT2D eigenvalue weighted by Crippen LogP contribution is -2.35. The van der Waals surface area contributed by atoms with Crippen molar-refractivity contribution < 1.29 is 13.2 Å². The van der Waals surface area contributed by atoms with E-state index >= 15 is 0 Å². The Morgan fingerprint density at radius 2 is 1.75 bits per heavy atom. The molecule has 2 aromatic carbocycles. The minimum absolute atomic E-state index is 0.0456. The molecule has 2 aromatic rings. The summed E-state index contributed by atoms with van der Waals surface area (Å²) in [5.74, 6) is -0.326. The normalized spacial score (nSPS) is 15.2. The highest BCUT2D eigenvalue weighted by Crippen LogP contribution is 2.29. The first-order valence-electron chi connectivity index (χ1n) is 8.96. The fraction of sp³-hybridized carbons (Fsp3) is 0.316. The number of carbonyl (C=O) groups is 1. The smallest absolute Gasteiger partial charge is 0.243 e. The number of anilines is 2. The SMILES string of the molecule is O=C(CNc1cccc(S(=O)(=O)N2CCCCC2)c1)Nc1cccc(Cl)c1Cl. The highest BCUT2D eigenvalue weighted by molar-refractivity contribution is 7.89. The van der Waals surface area contributed by atoms with E-state index in [9.17, 15) is 13.2 Å². The Morgan fingerprint density at radius 1 is 1.04 bits per heavy atom. The van der Waals surface area contributed by atoms with Crippen molar-refractivity contribution >= 4 is 50.5 Å². The number of halogens is 2. The van der Waals surface area contributed by atoms with Crippen molar-refractivity contribution in [3.05, 3.63) is 52.5 Å². The molecule has 6 nitrogen and oxygen atoms in total. The van der Waals surface area contributed by atoms with Crippen LogP contribution < -0.4 is 10.6 Å². The molecule has 0 spiro atoms. The van der Waals surface area contributed by atoms with E-state index in [2.05, 4.69) is 10.6 Å². The van der Waals surface area contributed by atoms with Crippen molar-refractivity contribution in [2.24, 2.45) is 0 Å². The van der Waals surface area contributed by atoms with Gasteiger partial charge in [-0.25, -0.2) is 8.42 Å². The number of nitrogens with zero attached hydrogens (tertiary/aromatic N) is 1. The molecule has 28 heavy (non-hydrogen) atoms. The van der Waals surface area contributed by atoms with Crippen LogP contribution in [0.4, 0.5) is 11.4 Å². The number of rotatable bonds is 6. The molecule has 2 N–H and O–H groups in total. The van der Waals surface area contributed by atoms with Crippen molar-refractivity contribution in [1.82, 2.24) is 4.31 Å². The molecule has 150 valence electrons. The maximum Gasteiger partial charge on any atom is 0.243 e. The van der Waals surface area contributed by atoms with E-state index in [1.165, 1.54) is 4.31 Å². The van der Waals surface area contributed by atoms with Crippen molar-refractivity contribution in [2.75, 3.05) is 30.3 Å². The predicted octanol–water partition coefficient (Wildman–Crippen LogP) is 4.22. The zero-order chi connectivity index (χ0) is 20.1. The number of piperidine rings is 1. The number of carbonyl (C=O) groups excluding carboxylic acids is 1. The second-order valence-corrected chi connectivity index (χ2v) is 9.22. The third-order valence-electron chi connectivity index (χ3n) is 4.47. The highest BCUT2D eigenvalue weighted by atomic mass is 35.5. The van der Waals surface area contributed by atoms with Gasteiger partial charge < -0.3 is 10.6 Å². The van der Waals surface area contributed by atoms with Gasteiger partial charge in [-0.1, -0.05) is 41.8 Å². The number of amides is 1. The second kappa shape index (κ2) is 9.13. The first kappa shape index (κ1) is 20.9. The van der Waals surface area contributed by atoms with Crippen LogP contribution in [0.5, 0.6) is 0 Å². The first-order chi connectivity index (χ1) is 13.4. The average Bonchev–Trinajstić information content (AvgIpc) is 2.71. The van der Waals surface area contributed by atoms with Gasteiger partial charge >= 0.3 is 0 Å². The molecule has 1 saturated heterocycles. The third-order valence-corrected chi connectivity index (χ3v) is 7.18. The average molecular weight is 442 g/mol. The molecule has 3 rings (SSSR count). The lowest BCUT2D eigenvalue weighted by atomic mass is 10.2. The number of hydrogen-bond donors (Lipinski definition) is 2. The van der Waals surface area contributed by atoms with E-state index in [0.717, 1.165) is 19.3 Å². The molecule has 1 amide bonds. The minimum Gasteiger partial charge on any atom is -0.376 e. The number of benzene rings is 2. The van der Waals surface area contributed by atoms with Gasteiger partial charge in [0, 0.05) is 18.8 Å². The van der Waals surface area contributed by atoms with Crippen LogP contribution >= 0.6 is 23.2 Å². The monoisotopic (exact) mass is 441 g/mol. The third kappa shape index (κ3) is 4.97. The summed E-state index contributed by atoms with van der Waals surface area (Å²) in [6.45, 7) is 1.04. The van der Waals surface area contributed by atoms with Gasteiger partial charge in [0.1, 0.15) is 0 Å². The van der Waals surface area contributed by atoms with Gasteiger partial charge in [0.05, 0.1) is 27.2 Å². The van der Waals surface area contributed by atoms with E-state index in [-0.39, 0.29) is 22.4 Å². The van der Waals surface area contributed by atoms with E-state index in [1.807, 2.05) is 0 Å². The molecule has 0 unspecified atom stereocenters. The Labute approximate surface area is 174 Å². The molecular weight excluding hydrogens is 421 g/mol. The van der Waals surface area contributed by atoms with Crippen molar-refractivity contribution in [3.8, 4) is 0 Å². The molecule has 0 aliphatic carbocycles. The summed E-state index contributed by atoms with van der Waals surface area (Å²) in [5.41, 5.74) is 0.966. The van der Waals surface area contributed by atoms with Gasteiger partial charge in [0.25, 0.3) is 0 Å². The van der Waals surface area contributed by atoms with Gasteiger partial charge in [-0.2, -0.15) is 4.31 Å². The maximum atomic E-state index is 12.8. The zero-order valence-corrected chi connectivity index (χ0v) is 17.4. The summed E-state index contributed by atoms with van der Waals surface area (Å²) in [5, 5.41) is 6.24. The molecule has 1 aliphatic rings. The first-order valence-corrected chi connectivity index (χ1v) is 11.2. The van der Waals surface area contributed by atoms with Gasteiger partial charge in [-0.3, -0.25) is 4.79 Å². The molecule has 0 bridgehead atoms. The van der Waals surface area contributed by atoms with Crippen LogP contribution in [0.25, 0.3) is 0 Å². The summed E-state index contributed by atoms with van der Waals surface area (Å²) in [7, 11) is -3.52. The predicted molar refractivity (Wildman–Crippen MR) is 113 cm³/mol. The molecule has 1 fully saturated rings. The van der Waals surface area contributed by atoms with Crippen molar-refractivity contribution in [3.63, 3.8) is 0 Å². The lowest BCUT2D eigenvalue weighted by Gasteiger charge is -2.26. The fourth-order valence-electron chi connectivity index (χ4n) is 3.00. The van der Waals surface area contributed by atoms with Crippen LogP contribution in [0.2, 0.25) is 10.0 Å². The Balaban J connectivity index is 1.64. The molecule has 0 saturated carbocycles. The zero-order valence-electron chi connectivity index (χ0n) is 15.1. The van der Waals surface area contributed by atoms with Gasteiger partial charge in [0.2, 0.25) is 15.9 Å². The molecule has 1 heterocycles. The van der Waals surface area contributed by atoms with Crippen LogP contribution in [0.1, 0.15) is 19.3 Å². The highest BCUT2D eigenvalue weighted by Gasteiger charge is 2.26. The largest absolute Gasteiger partial charge is 0.376 e. The van der Waals surface area contributed by atoms with Gasteiger partial charge in [-0.15, -0.1) is 0 Å². The summed E-state index contributed by atoms with van der Waals surface area (Å²) >= 11 is 12.0. The molecule has 0 aromatic heterocycles. The Bertz CT molecular complexity index is 961. The van der Waals surface area contributed by atoms with Crippen molar-refractivity contribution in [2.45, 2.75) is 24.2 Å². The summed E-state index contributed by atoms with van der Waals surface area (Å²) in [4.78, 5) is 12.4. The van der Waals surface area contributed by atoms with Crippen LogP contribution in [-0.2, 0) is 14.8 Å². The van der Waals surface area contributed by atoms with Crippen LogP contribution in [0.15, 0.2) is 47.4 Å². The summed E-state index contributed by atoms with van der Waals surface area (Å²) in [6.07, 6.45) is 2.81. The van der Waals surface area contributed by atoms with Crippen LogP contribution in [0, 0.1) is 0 Å². The number of hydrogen-bond acceptors (Lipinski definition) is 4. The number of nitrogens with one attached hydrogen (secondary N) is 2. The Morgan fingerprint density at radius 3 is 2.50 bits per heavy atom. The van der Waals surface area contributed by atoms with Crippen LogP contribution in [-0.4, -0.2) is 38.3 Å². The van der Waals surface area contributed by atoms with E-state index < -0.39 is 10.0 Å². The fourth-order valence-corrected chi connectivity index (χ4v) is 4.91. The Kier molecular flexibility index (Phi) is 6.82. The van der Waals surface area contributed by atoms with Gasteiger partial charge in [0.15, 0.2) is 0 Å². The molecule has 0 atom stereocenters. The quantitative estimate of drug-likeness (QED) is 0.702. The standard InChI is InChI=1S/C19H21Cl2N3O3S/c20-16-8-5-9-17(19(16)21)23-18(25)13-22-14-6-4-7-15(12-14)28(26,27)24-10-2-1-3-11-24/h4-9,12,22H,1-3,10-11,13H2,(H,23,25). The second-order valence-electron chi connectivity index (χ2n) is 6.50. The van der Waals surface area contributed by atoms with E-state index in [1.54, 1.807) is 42.5 Å². The number of sulfonamides is 1. The van der Waals surface area contributed by atoms with Crippen LogP contribution in [0.3, 0.4) is 0 Å². The summed E-state index contributed by atoms with van der Waals surface area (Å²) in [6, 6.07) is 11.5. The van der Waals surface area contributed by atoms with Gasteiger partial charge in [-0.05, 0) is 43.2 Å². The molecule has 9 heteroatoms. The summed E-state index contributed by atoms with van der Waals surface area (Å²) < 4.78 is 27.1. The topological polar surface area (TPSA) is 78.5 Å². The lowest BCUT2D eigenvalue weighted by molar-refractivity contribution is -0.114. The Hall–Kier alpha value is -1.80. The van der Waals surface area contributed by atoms with E-state index in [0.29, 0.717) is 29.5 Å². The molecule has 0 radical (unpaired) electrons.